The second-order valence-corrected chi connectivity index (χ2v) is 5.19. The minimum atomic E-state index is -1.20. The smallest absolute Gasteiger partial charge is 0.335 e. The highest BCUT2D eigenvalue weighted by Gasteiger charge is 2.16. The largest absolute Gasteiger partial charge is 0.478 e. The molecule has 2 aromatic rings. The van der Waals surface area contributed by atoms with Gasteiger partial charge in [-0.1, -0.05) is 28.1 Å². The van der Waals surface area contributed by atoms with Crippen molar-refractivity contribution < 1.29 is 14.8 Å². The lowest BCUT2D eigenvalue weighted by Gasteiger charge is -2.08. The van der Waals surface area contributed by atoms with Crippen LogP contribution in [0.4, 0.5) is 11.4 Å². The van der Waals surface area contributed by atoms with E-state index in [1.165, 1.54) is 12.1 Å². The van der Waals surface area contributed by atoms with E-state index >= 15 is 0 Å². The molecule has 0 radical (unpaired) electrons. The summed E-state index contributed by atoms with van der Waals surface area (Å²) in [6, 6.07) is 11.3. The van der Waals surface area contributed by atoms with E-state index in [1.54, 1.807) is 0 Å². The number of carbonyl (C=O) groups is 1. The maximum absolute atomic E-state index is 11.0. The zero-order valence-electron chi connectivity index (χ0n) is 10.7. The van der Waals surface area contributed by atoms with Crippen LogP contribution in [-0.2, 0) is 6.54 Å². The Bertz CT molecular complexity index is 686. The van der Waals surface area contributed by atoms with Crippen molar-refractivity contribution in [3.8, 4) is 0 Å². The Kier molecular flexibility index (Phi) is 4.54. The van der Waals surface area contributed by atoms with Gasteiger partial charge in [0.05, 0.1) is 10.5 Å². The van der Waals surface area contributed by atoms with Crippen LogP contribution in [0, 0.1) is 10.1 Å². The number of nitrogens with zero attached hydrogens (tertiary/aromatic N) is 1. The quantitative estimate of drug-likeness (QED) is 0.633. The Labute approximate surface area is 128 Å². The van der Waals surface area contributed by atoms with Crippen molar-refractivity contribution in [3.05, 3.63) is 68.2 Å². The molecule has 2 rings (SSSR count). The van der Waals surface area contributed by atoms with Gasteiger partial charge in [0.15, 0.2) is 0 Å². The second-order valence-electron chi connectivity index (χ2n) is 4.27. The molecule has 0 aliphatic carbocycles. The summed E-state index contributed by atoms with van der Waals surface area (Å²) in [6.07, 6.45) is 0. The van der Waals surface area contributed by atoms with Crippen molar-refractivity contribution in [1.82, 2.24) is 0 Å². The Morgan fingerprint density at radius 3 is 2.48 bits per heavy atom. The van der Waals surface area contributed by atoms with Gasteiger partial charge in [0.25, 0.3) is 5.69 Å². The number of nitro groups is 1. The van der Waals surface area contributed by atoms with Gasteiger partial charge in [-0.15, -0.1) is 0 Å². The summed E-state index contributed by atoms with van der Waals surface area (Å²) in [4.78, 5) is 21.3. The summed E-state index contributed by atoms with van der Waals surface area (Å²) in [7, 11) is 0. The summed E-state index contributed by atoms with van der Waals surface area (Å²) in [5.41, 5.74) is 0.866. The zero-order valence-corrected chi connectivity index (χ0v) is 12.3. The molecule has 0 bridgehead atoms. The van der Waals surface area contributed by atoms with Crippen molar-refractivity contribution in [2.24, 2.45) is 0 Å². The molecule has 108 valence electrons. The molecule has 0 aromatic heterocycles. The van der Waals surface area contributed by atoms with Crippen LogP contribution in [-0.4, -0.2) is 16.0 Å². The van der Waals surface area contributed by atoms with Gasteiger partial charge in [0.2, 0.25) is 0 Å². The molecule has 0 spiro atoms. The molecular weight excluding hydrogens is 340 g/mol. The Hall–Kier alpha value is -2.41. The third-order valence-electron chi connectivity index (χ3n) is 2.84. The van der Waals surface area contributed by atoms with Gasteiger partial charge >= 0.3 is 5.97 Å². The molecule has 2 N–H and O–H groups in total. The predicted octanol–water partition coefficient (Wildman–Crippen LogP) is 3.67. The van der Waals surface area contributed by atoms with Crippen molar-refractivity contribution in [2.45, 2.75) is 6.54 Å². The highest BCUT2D eigenvalue weighted by atomic mass is 79.9. The van der Waals surface area contributed by atoms with Gasteiger partial charge in [0, 0.05) is 17.1 Å². The lowest BCUT2D eigenvalue weighted by Crippen LogP contribution is -2.05. The van der Waals surface area contributed by atoms with Crippen LogP contribution >= 0.6 is 15.9 Å². The standard InChI is InChI=1S/C14H11BrN2O4/c15-11-4-1-9(2-5-11)8-16-12-6-3-10(14(18)19)7-13(12)17(20)21/h1-7,16H,8H2,(H,18,19). The lowest BCUT2D eigenvalue weighted by molar-refractivity contribution is -0.384. The Morgan fingerprint density at radius 2 is 1.90 bits per heavy atom. The van der Waals surface area contributed by atoms with E-state index in [9.17, 15) is 14.9 Å². The number of nitro benzene ring substituents is 1. The fourth-order valence-electron chi connectivity index (χ4n) is 1.76. The number of carboxylic acids is 1. The first-order chi connectivity index (χ1) is 9.97. The van der Waals surface area contributed by atoms with Gasteiger partial charge in [-0.3, -0.25) is 10.1 Å². The number of hydrogen-bond donors (Lipinski definition) is 2. The molecule has 0 saturated carbocycles. The van der Waals surface area contributed by atoms with E-state index in [0.29, 0.717) is 6.54 Å². The first-order valence-corrected chi connectivity index (χ1v) is 6.76. The normalized spacial score (nSPS) is 10.1. The van der Waals surface area contributed by atoms with E-state index in [2.05, 4.69) is 21.2 Å². The summed E-state index contributed by atoms with van der Waals surface area (Å²) in [5.74, 6) is -1.20. The van der Waals surface area contributed by atoms with Crippen molar-refractivity contribution in [2.75, 3.05) is 5.32 Å². The van der Waals surface area contributed by atoms with Gasteiger partial charge in [-0.25, -0.2) is 4.79 Å². The minimum absolute atomic E-state index is 0.115. The molecule has 7 heteroatoms. The number of anilines is 1. The predicted molar refractivity (Wildman–Crippen MR) is 81.5 cm³/mol. The molecule has 0 heterocycles. The molecule has 0 fully saturated rings. The first-order valence-electron chi connectivity index (χ1n) is 5.97. The Morgan fingerprint density at radius 1 is 1.24 bits per heavy atom. The molecular formula is C14H11BrN2O4. The molecule has 0 amide bonds. The summed E-state index contributed by atoms with van der Waals surface area (Å²) in [6.45, 7) is 0.403. The molecule has 0 atom stereocenters. The van der Waals surface area contributed by atoms with Crippen molar-refractivity contribution in [3.63, 3.8) is 0 Å². The average Bonchev–Trinajstić information content (AvgIpc) is 2.46. The first kappa shape index (κ1) is 15.0. The van der Waals surface area contributed by atoms with E-state index in [4.69, 9.17) is 5.11 Å². The fourth-order valence-corrected chi connectivity index (χ4v) is 2.03. The van der Waals surface area contributed by atoms with Gasteiger partial charge in [-0.05, 0) is 29.8 Å². The van der Waals surface area contributed by atoms with Crippen molar-refractivity contribution in [1.29, 1.82) is 0 Å². The number of halogens is 1. The van der Waals surface area contributed by atoms with Crippen LogP contribution in [0.2, 0.25) is 0 Å². The molecule has 2 aromatic carbocycles. The topological polar surface area (TPSA) is 92.5 Å². The molecule has 0 aliphatic rings. The Balaban J connectivity index is 2.21. The molecule has 0 saturated heterocycles. The highest BCUT2D eigenvalue weighted by Crippen LogP contribution is 2.26. The number of nitrogens with one attached hydrogen (secondary N) is 1. The van der Waals surface area contributed by atoms with Crippen LogP contribution in [0.3, 0.4) is 0 Å². The van der Waals surface area contributed by atoms with E-state index < -0.39 is 10.9 Å². The van der Waals surface area contributed by atoms with Crippen LogP contribution in [0.5, 0.6) is 0 Å². The zero-order chi connectivity index (χ0) is 15.4. The third-order valence-corrected chi connectivity index (χ3v) is 3.37. The highest BCUT2D eigenvalue weighted by molar-refractivity contribution is 9.10. The number of aromatic carboxylic acids is 1. The summed E-state index contributed by atoms with van der Waals surface area (Å²) < 4.78 is 0.947. The molecule has 21 heavy (non-hydrogen) atoms. The maximum atomic E-state index is 11.0. The number of benzene rings is 2. The second kappa shape index (κ2) is 6.36. The van der Waals surface area contributed by atoms with Gasteiger partial charge in [0.1, 0.15) is 5.69 Å². The third kappa shape index (κ3) is 3.79. The summed E-state index contributed by atoms with van der Waals surface area (Å²) >= 11 is 3.33. The fraction of sp³-hybridized carbons (Fsp3) is 0.0714. The maximum Gasteiger partial charge on any atom is 0.335 e. The SMILES string of the molecule is O=C(O)c1ccc(NCc2ccc(Br)cc2)c([N+](=O)[O-])c1. The van der Waals surface area contributed by atoms with Crippen LogP contribution in [0.1, 0.15) is 15.9 Å². The number of rotatable bonds is 5. The van der Waals surface area contributed by atoms with Crippen LogP contribution in [0.25, 0.3) is 0 Å². The monoisotopic (exact) mass is 350 g/mol. The molecule has 0 unspecified atom stereocenters. The van der Waals surface area contributed by atoms with E-state index in [0.717, 1.165) is 16.1 Å². The number of carboxylic acid groups (broad SMARTS) is 1. The molecule has 6 nitrogen and oxygen atoms in total. The lowest BCUT2D eigenvalue weighted by atomic mass is 10.1. The molecule has 0 aliphatic heterocycles. The number of hydrogen-bond acceptors (Lipinski definition) is 4. The van der Waals surface area contributed by atoms with Gasteiger partial charge < -0.3 is 10.4 Å². The van der Waals surface area contributed by atoms with Crippen LogP contribution in [0.15, 0.2) is 46.9 Å². The summed E-state index contributed by atoms with van der Waals surface area (Å²) in [5, 5.41) is 22.8. The minimum Gasteiger partial charge on any atom is -0.478 e. The van der Waals surface area contributed by atoms with Gasteiger partial charge in [-0.2, -0.15) is 0 Å². The van der Waals surface area contributed by atoms with E-state index in [-0.39, 0.29) is 16.9 Å². The average molecular weight is 351 g/mol. The van der Waals surface area contributed by atoms with E-state index in [1.807, 2.05) is 24.3 Å². The van der Waals surface area contributed by atoms with Crippen molar-refractivity contribution >= 4 is 33.3 Å². The van der Waals surface area contributed by atoms with Crippen LogP contribution < -0.4 is 5.32 Å².